The Labute approximate surface area is 125 Å². The molecule has 1 aromatic carbocycles. The van der Waals surface area contributed by atoms with Gasteiger partial charge in [-0.05, 0) is 25.1 Å². The molecular formula is C16H21N3O2. The third-order valence-corrected chi connectivity index (χ3v) is 3.82. The van der Waals surface area contributed by atoms with Crippen LogP contribution < -0.4 is 4.90 Å². The molecule has 0 spiro atoms. The molecule has 0 aliphatic carbocycles. The molecular weight excluding hydrogens is 266 g/mol. The number of carbonyl (C=O) groups excluding carboxylic acids is 1. The van der Waals surface area contributed by atoms with Crippen LogP contribution in [0.5, 0.6) is 0 Å². The average molecular weight is 287 g/mol. The lowest BCUT2D eigenvalue weighted by Crippen LogP contribution is -2.46. The van der Waals surface area contributed by atoms with E-state index in [1.165, 1.54) is 7.11 Å². The first-order valence-corrected chi connectivity index (χ1v) is 7.28. The summed E-state index contributed by atoms with van der Waals surface area (Å²) in [5.41, 5.74) is 1.76. The fourth-order valence-corrected chi connectivity index (χ4v) is 2.61. The molecule has 0 radical (unpaired) electrons. The fourth-order valence-electron chi connectivity index (χ4n) is 2.61. The van der Waals surface area contributed by atoms with Gasteiger partial charge < -0.3 is 9.64 Å². The van der Waals surface area contributed by atoms with Crippen LogP contribution in [0.25, 0.3) is 0 Å². The Morgan fingerprint density at radius 1 is 1.29 bits per heavy atom. The predicted molar refractivity (Wildman–Crippen MR) is 81.1 cm³/mol. The number of nitrogens with zero attached hydrogens (tertiary/aromatic N) is 3. The lowest BCUT2D eigenvalue weighted by atomic mass is 10.1. The standard InChI is InChI=1S/C16H21N3O2/c1-21-16(20)7-4-8-18-9-11-19(12-10-18)15-6-3-2-5-14(15)13-17/h2-3,5-6H,4,7-12H2,1H3. The Morgan fingerprint density at radius 3 is 2.67 bits per heavy atom. The van der Waals surface area contributed by atoms with Gasteiger partial charge in [0, 0.05) is 32.6 Å². The molecule has 5 heteroatoms. The van der Waals surface area contributed by atoms with Crippen molar-refractivity contribution < 1.29 is 9.53 Å². The Hall–Kier alpha value is -2.06. The largest absolute Gasteiger partial charge is 0.469 e. The van der Waals surface area contributed by atoms with Crippen LogP contribution in [-0.2, 0) is 9.53 Å². The molecule has 0 amide bonds. The average Bonchev–Trinajstić information content (AvgIpc) is 2.55. The van der Waals surface area contributed by atoms with E-state index in [-0.39, 0.29) is 5.97 Å². The van der Waals surface area contributed by atoms with Crippen LogP contribution in [-0.4, -0.2) is 50.7 Å². The molecule has 1 aliphatic heterocycles. The second-order valence-electron chi connectivity index (χ2n) is 5.14. The highest BCUT2D eigenvalue weighted by atomic mass is 16.5. The summed E-state index contributed by atoms with van der Waals surface area (Å²) in [7, 11) is 1.42. The number of esters is 1. The van der Waals surface area contributed by atoms with Crippen molar-refractivity contribution in [3.63, 3.8) is 0 Å². The number of anilines is 1. The van der Waals surface area contributed by atoms with Crippen molar-refractivity contribution in [1.82, 2.24) is 4.90 Å². The topological polar surface area (TPSA) is 56.6 Å². The number of carbonyl (C=O) groups is 1. The van der Waals surface area contributed by atoms with Crippen LogP contribution in [0, 0.1) is 11.3 Å². The molecule has 0 bridgehead atoms. The molecule has 1 heterocycles. The maximum Gasteiger partial charge on any atom is 0.305 e. The molecule has 0 N–H and O–H groups in total. The van der Waals surface area contributed by atoms with Gasteiger partial charge in [-0.1, -0.05) is 12.1 Å². The second-order valence-corrected chi connectivity index (χ2v) is 5.14. The van der Waals surface area contributed by atoms with Gasteiger partial charge in [-0.15, -0.1) is 0 Å². The molecule has 0 aromatic heterocycles. The van der Waals surface area contributed by atoms with Gasteiger partial charge in [0.25, 0.3) is 0 Å². The quantitative estimate of drug-likeness (QED) is 0.771. The Balaban J connectivity index is 1.81. The van der Waals surface area contributed by atoms with Gasteiger partial charge in [-0.2, -0.15) is 5.26 Å². The first-order valence-electron chi connectivity index (χ1n) is 7.28. The van der Waals surface area contributed by atoms with E-state index in [9.17, 15) is 4.79 Å². The number of benzene rings is 1. The van der Waals surface area contributed by atoms with Gasteiger partial charge in [-0.3, -0.25) is 9.69 Å². The van der Waals surface area contributed by atoms with E-state index >= 15 is 0 Å². The smallest absolute Gasteiger partial charge is 0.305 e. The van der Waals surface area contributed by atoms with Gasteiger partial charge in [0.2, 0.25) is 0 Å². The normalized spacial score (nSPS) is 15.5. The second kappa shape index (κ2) is 7.65. The summed E-state index contributed by atoms with van der Waals surface area (Å²) in [6.07, 6.45) is 1.31. The highest BCUT2D eigenvalue weighted by Gasteiger charge is 2.18. The number of methoxy groups -OCH3 is 1. The maximum atomic E-state index is 11.1. The molecule has 0 saturated carbocycles. The number of nitriles is 1. The summed E-state index contributed by atoms with van der Waals surface area (Å²) in [5, 5.41) is 9.16. The van der Waals surface area contributed by atoms with Gasteiger partial charge in [0.15, 0.2) is 0 Å². The molecule has 112 valence electrons. The molecule has 21 heavy (non-hydrogen) atoms. The fraction of sp³-hybridized carbons (Fsp3) is 0.500. The van der Waals surface area contributed by atoms with Gasteiger partial charge >= 0.3 is 5.97 Å². The number of hydrogen-bond donors (Lipinski definition) is 0. The van der Waals surface area contributed by atoms with E-state index in [4.69, 9.17) is 5.26 Å². The van der Waals surface area contributed by atoms with Crippen molar-refractivity contribution in [2.75, 3.05) is 44.7 Å². The Kier molecular flexibility index (Phi) is 5.59. The summed E-state index contributed by atoms with van der Waals surface area (Å²) >= 11 is 0. The molecule has 2 rings (SSSR count). The number of para-hydroxylation sites is 1. The van der Waals surface area contributed by atoms with Crippen molar-refractivity contribution in [1.29, 1.82) is 5.26 Å². The molecule has 1 aromatic rings. The number of rotatable bonds is 5. The van der Waals surface area contributed by atoms with Crippen LogP contribution in [0.4, 0.5) is 5.69 Å². The first-order chi connectivity index (χ1) is 10.2. The van der Waals surface area contributed by atoms with Crippen molar-refractivity contribution in [3.05, 3.63) is 29.8 Å². The molecule has 0 unspecified atom stereocenters. The van der Waals surface area contributed by atoms with E-state index in [0.29, 0.717) is 6.42 Å². The minimum atomic E-state index is -0.142. The number of piperazine rings is 1. The van der Waals surface area contributed by atoms with E-state index in [2.05, 4.69) is 20.6 Å². The van der Waals surface area contributed by atoms with Crippen LogP contribution in [0.15, 0.2) is 24.3 Å². The van der Waals surface area contributed by atoms with Crippen LogP contribution in [0.2, 0.25) is 0 Å². The molecule has 1 fully saturated rings. The van der Waals surface area contributed by atoms with E-state index in [1.807, 2.05) is 24.3 Å². The number of hydrogen-bond acceptors (Lipinski definition) is 5. The van der Waals surface area contributed by atoms with Crippen molar-refractivity contribution >= 4 is 11.7 Å². The van der Waals surface area contributed by atoms with E-state index < -0.39 is 0 Å². The maximum absolute atomic E-state index is 11.1. The van der Waals surface area contributed by atoms with Crippen molar-refractivity contribution in [3.8, 4) is 6.07 Å². The lowest BCUT2D eigenvalue weighted by Gasteiger charge is -2.36. The number of ether oxygens (including phenoxy) is 1. The highest BCUT2D eigenvalue weighted by molar-refractivity contribution is 5.69. The molecule has 1 aliphatic rings. The molecule has 0 atom stereocenters. The summed E-state index contributed by atoms with van der Waals surface area (Å²) in [6.45, 7) is 4.67. The molecule has 5 nitrogen and oxygen atoms in total. The minimum Gasteiger partial charge on any atom is -0.469 e. The van der Waals surface area contributed by atoms with Crippen molar-refractivity contribution in [2.45, 2.75) is 12.8 Å². The van der Waals surface area contributed by atoms with Crippen LogP contribution in [0.1, 0.15) is 18.4 Å². The zero-order valence-corrected chi connectivity index (χ0v) is 12.4. The summed E-state index contributed by atoms with van der Waals surface area (Å²) < 4.78 is 4.64. The summed E-state index contributed by atoms with van der Waals surface area (Å²) in [4.78, 5) is 15.7. The predicted octanol–water partition coefficient (Wildman–Crippen LogP) is 1.63. The lowest BCUT2D eigenvalue weighted by molar-refractivity contribution is -0.140. The zero-order valence-electron chi connectivity index (χ0n) is 12.4. The van der Waals surface area contributed by atoms with Crippen LogP contribution in [0.3, 0.4) is 0 Å². The Bertz CT molecular complexity index is 516. The zero-order chi connectivity index (χ0) is 15.1. The SMILES string of the molecule is COC(=O)CCCN1CCN(c2ccccc2C#N)CC1. The third kappa shape index (κ3) is 4.20. The van der Waals surface area contributed by atoms with Gasteiger partial charge in [0.1, 0.15) is 6.07 Å². The highest BCUT2D eigenvalue weighted by Crippen LogP contribution is 2.21. The first kappa shape index (κ1) is 15.3. The Morgan fingerprint density at radius 2 is 2.00 bits per heavy atom. The van der Waals surface area contributed by atoms with E-state index in [1.54, 1.807) is 0 Å². The summed E-state index contributed by atoms with van der Waals surface area (Å²) in [5.74, 6) is -0.142. The van der Waals surface area contributed by atoms with Crippen LogP contribution >= 0.6 is 0 Å². The minimum absolute atomic E-state index is 0.142. The van der Waals surface area contributed by atoms with E-state index in [0.717, 1.165) is 50.4 Å². The monoisotopic (exact) mass is 287 g/mol. The van der Waals surface area contributed by atoms with Gasteiger partial charge in [-0.25, -0.2) is 0 Å². The molecule has 1 saturated heterocycles. The van der Waals surface area contributed by atoms with Gasteiger partial charge in [0.05, 0.1) is 18.4 Å². The summed E-state index contributed by atoms with van der Waals surface area (Å²) in [6, 6.07) is 9.98. The van der Waals surface area contributed by atoms with Crippen molar-refractivity contribution in [2.24, 2.45) is 0 Å². The third-order valence-electron chi connectivity index (χ3n) is 3.82.